The van der Waals surface area contributed by atoms with Crippen LogP contribution in [-0.2, 0) is 0 Å². The van der Waals surface area contributed by atoms with Crippen molar-refractivity contribution in [2.24, 2.45) is 5.73 Å². The number of ether oxygens (including phenoxy) is 1. The van der Waals surface area contributed by atoms with E-state index in [1.807, 2.05) is 0 Å². The zero-order chi connectivity index (χ0) is 14.7. The molecule has 0 saturated carbocycles. The van der Waals surface area contributed by atoms with Gasteiger partial charge in [0.25, 0.3) is 11.8 Å². The summed E-state index contributed by atoms with van der Waals surface area (Å²) < 4.78 is 5.08. The Balaban J connectivity index is 2.21. The molecular formula is C13H13N3O3S. The molecule has 1 aromatic carbocycles. The molecule has 3 N–H and O–H groups in total. The highest BCUT2D eigenvalue weighted by atomic mass is 32.1. The normalized spacial score (nSPS) is 10.1. The van der Waals surface area contributed by atoms with Crippen LogP contribution in [0.15, 0.2) is 24.3 Å². The molecule has 104 valence electrons. The number of hydrogen-bond acceptors (Lipinski definition) is 5. The van der Waals surface area contributed by atoms with Crippen molar-refractivity contribution in [3.63, 3.8) is 0 Å². The fourth-order valence-electron chi connectivity index (χ4n) is 1.60. The Kier molecular flexibility index (Phi) is 3.99. The van der Waals surface area contributed by atoms with Crippen molar-refractivity contribution < 1.29 is 14.3 Å². The van der Waals surface area contributed by atoms with Gasteiger partial charge in [-0.25, -0.2) is 4.98 Å². The molecule has 0 aliphatic rings. The number of amides is 2. The van der Waals surface area contributed by atoms with Crippen LogP contribution in [0.5, 0.6) is 5.75 Å². The van der Waals surface area contributed by atoms with E-state index in [0.29, 0.717) is 22.0 Å². The van der Waals surface area contributed by atoms with Crippen LogP contribution in [0.25, 0.3) is 0 Å². The minimum absolute atomic E-state index is 0.123. The van der Waals surface area contributed by atoms with Gasteiger partial charge in [0, 0.05) is 11.8 Å². The van der Waals surface area contributed by atoms with Crippen LogP contribution in [-0.4, -0.2) is 23.9 Å². The molecule has 1 heterocycles. The molecule has 0 aliphatic carbocycles. The second-order valence-electron chi connectivity index (χ2n) is 3.98. The molecule has 2 amide bonds. The molecule has 0 bridgehead atoms. The quantitative estimate of drug-likeness (QED) is 0.898. The molecule has 0 saturated heterocycles. The van der Waals surface area contributed by atoms with Crippen LogP contribution < -0.4 is 15.8 Å². The smallest absolute Gasteiger partial charge is 0.277 e. The summed E-state index contributed by atoms with van der Waals surface area (Å²) in [6.07, 6.45) is 0. The summed E-state index contributed by atoms with van der Waals surface area (Å²) in [5, 5.41) is 2.85. The van der Waals surface area contributed by atoms with Crippen molar-refractivity contribution >= 4 is 28.8 Å². The maximum Gasteiger partial charge on any atom is 0.277 e. The maximum absolute atomic E-state index is 12.1. The van der Waals surface area contributed by atoms with Crippen LogP contribution >= 0.6 is 11.3 Å². The third kappa shape index (κ3) is 2.94. The highest BCUT2D eigenvalue weighted by Gasteiger charge is 2.17. The third-order valence-corrected chi connectivity index (χ3v) is 3.71. The Morgan fingerprint density at radius 1 is 1.40 bits per heavy atom. The summed E-state index contributed by atoms with van der Waals surface area (Å²) in [4.78, 5) is 27.5. The van der Waals surface area contributed by atoms with Gasteiger partial charge in [-0.3, -0.25) is 9.59 Å². The molecule has 7 heteroatoms. The van der Waals surface area contributed by atoms with Gasteiger partial charge in [0.05, 0.1) is 12.8 Å². The number of nitrogens with two attached hydrogens (primary N) is 1. The third-order valence-electron chi connectivity index (χ3n) is 2.54. The second-order valence-corrected chi connectivity index (χ2v) is 4.98. The van der Waals surface area contributed by atoms with Gasteiger partial charge in [0.2, 0.25) is 0 Å². The molecule has 20 heavy (non-hydrogen) atoms. The molecular weight excluding hydrogens is 278 g/mol. The Bertz CT molecular complexity index is 667. The van der Waals surface area contributed by atoms with Crippen molar-refractivity contribution in [2.75, 3.05) is 12.4 Å². The average molecular weight is 291 g/mol. The molecule has 1 aromatic heterocycles. The Morgan fingerprint density at radius 2 is 2.15 bits per heavy atom. The number of aromatic nitrogens is 1. The molecule has 0 spiro atoms. The number of benzene rings is 1. The van der Waals surface area contributed by atoms with Gasteiger partial charge >= 0.3 is 0 Å². The van der Waals surface area contributed by atoms with Crippen molar-refractivity contribution in [2.45, 2.75) is 6.92 Å². The summed E-state index contributed by atoms with van der Waals surface area (Å²) in [7, 11) is 1.55. The number of anilines is 1. The highest BCUT2D eigenvalue weighted by Crippen LogP contribution is 2.21. The average Bonchev–Trinajstić information content (AvgIpc) is 2.81. The molecule has 2 rings (SSSR count). The molecule has 0 atom stereocenters. The van der Waals surface area contributed by atoms with E-state index in [2.05, 4.69) is 10.3 Å². The molecule has 0 radical (unpaired) electrons. The van der Waals surface area contributed by atoms with E-state index in [9.17, 15) is 9.59 Å². The zero-order valence-electron chi connectivity index (χ0n) is 11.0. The SMILES string of the molecule is COc1cccc(NC(=O)c2sc(C(N)=O)nc2C)c1. The lowest BCUT2D eigenvalue weighted by Crippen LogP contribution is -2.11. The van der Waals surface area contributed by atoms with Crippen LogP contribution in [0.2, 0.25) is 0 Å². The minimum atomic E-state index is -0.640. The van der Waals surface area contributed by atoms with Crippen molar-refractivity contribution in [3.8, 4) is 5.75 Å². The predicted octanol–water partition coefficient (Wildman–Crippen LogP) is 1.81. The summed E-state index contributed by atoms with van der Waals surface area (Å²) in [5.74, 6) is -0.332. The molecule has 0 aliphatic heterocycles. The lowest BCUT2D eigenvalue weighted by molar-refractivity contribution is 0.0997. The summed E-state index contributed by atoms with van der Waals surface area (Å²) in [5.41, 5.74) is 6.22. The monoisotopic (exact) mass is 291 g/mol. The summed E-state index contributed by atoms with van der Waals surface area (Å²) >= 11 is 0.976. The van der Waals surface area contributed by atoms with E-state index in [0.717, 1.165) is 11.3 Å². The fraction of sp³-hybridized carbons (Fsp3) is 0.154. The number of nitrogens with one attached hydrogen (secondary N) is 1. The molecule has 2 aromatic rings. The number of nitrogens with zero attached hydrogens (tertiary/aromatic N) is 1. The van der Waals surface area contributed by atoms with Crippen molar-refractivity contribution in [3.05, 3.63) is 39.8 Å². The fourth-order valence-corrected chi connectivity index (χ4v) is 2.41. The molecule has 0 unspecified atom stereocenters. The predicted molar refractivity (Wildman–Crippen MR) is 76.3 cm³/mol. The topological polar surface area (TPSA) is 94.3 Å². The van der Waals surface area contributed by atoms with Crippen LogP contribution in [0.1, 0.15) is 25.2 Å². The first-order chi connectivity index (χ1) is 9.51. The van der Waals surface area contributed by atoms with Crippen LogP contribution in [0.4, 0.5) is 5.69 Å². The summed E-state index contributed by atoms with van der Waals surface area (Å²) in [6.45, 7) is 1.66. The number of methoxy groups -OCH3 is 1. The first-order valence-corrected chi connectivity index (χ1v) is 6.55. The number of primary amides is 1. The van der Waals surface area contributed by atoms with E-state index in [-0.39, 0.29) is 10.9 Å². The Labute approximate surface area is 119 Å². The Hall–Kier alpha value is -2.41. The largest absolute Gasteiger partial charge is 0.497 e. The van der Waals surface area contributed by atoms with Crippen LogP contribution in [0, 0.1) is 6.92 Å². The number of thiazole rings is 1. The van der Waals surface area contributed by atoms with Crippen molar-refractivity contribution in [1.29, 1.82) is 0 Å². The number of carbonyl (C=O) groups is 2. The number of hydrogen-bond donors (Lipinski definition) is 2. The van der Waals surface area contributed by atoms with Gasteiger partial charge in [-0.2, -0.15) is 0 Å². The standard InChI is InChI=1S/C13H13N3O3S/c1-7-10(20-13(15-7)11(14)17)12(18)16-8-4-3-5-9(6-8)19-2/h3-6H,1-2H3,(H2,14,17)(H,16,18). The number of carbonyl (C=O) groups excluding carboxylic acids is 2. The Morgan fingerprint density at radius 3 is 2.75 bits per heavy atom. The molecule has 6 nitrogen and oxygen atoms in total. The lowest BCUT2D eigenvalue weighted by Gasteiger charge is -2.05. The van der Waals surface area contributed by atoms with E-state index in [1.165, 1.54) is 0 Å². The van der Waals surface area contributed by atoms with Gasteiger partial charge in [-0.1, -0.05) is 6.07 Å². The van der Waals surface area contributed by atoms with Gasteiger partial charge < -0.3 is 15.8 Å². The summed E-state index contributed by atoms with van der Waals surface area (Å²) in [6, 6.07) is 6.98. The van der Waals surface area contributed by atoms with Gasteiger partial charge in [0.1, 0.15) is 10.6 Å². The second kappa shape index (κ2) is 5.70. The highest BCUT2D eigenvalue weighted by molar-refractivity contribution is 7.15. The first kappa shape index (κ1) is 14.0. The van der Waals surface area contributed by atoms with E-state index < -0.39 is 5.91 Å². The number of rotatable bonds is 4. The van der Waals surface area contributed by atoms with Gasteiger partial charge in [-0.05, 0) is 19.1 Å². The van der Waals surface area contributed by atoms with Crippen LogP contribution in [0.3, 0.4) is 0 Å². The number of aryl methyl sites for hydroxylation is 1. The first-order valence-electron chi connectivity index (χ1n) is 5.74. The van der Waals surface area contributed by atoms with Gasteiger partial charge in [0.15, 0.2) is 5.01 Å². The van der Waals surface area contributed by atoms with E-state index in [4.69, 9.17) is 10.5 Å². The molecule has 0 fully saturated rings. The minimum Gasteiger partial charge on any atom is -0.497 e. The maximum atomic E-state index is 12.1. The van der Waals surface area contributed by atoms with Gasteiger partial charge in [-0.15, -0.1) is 11.3 Å². The van der Waals surface area contributed by atoms with E-state index in [1.54, 1.807) is 38.3 Å². The lowest BCUT2D eigenvalue weighted by atomic mass is 10.3. The van der Waals surface area contributed by atoms with Crippen molar-refractivity contribution in [1.82, 2.24) is 4.98 Å². The zero-order valence-corrected chi connectivity index (χ0v) is 11.8. The van der Waals surface area contributed by atoms with E-state index >= 15 is 0 Å².